The predicted octanol–water partition coefficient (Wildman–Crippen LogP) is 2.07. The summed E-state index contributed by atoms with van der Waals surface area (Å²) in [5, 5.41) is 8.65. The molecule has 0 radical (unpaired) electrons. The number of nitrogens with one attached hydrogen (secondary N) is 3. The van der Waals surface area contributed by atoms with Crippen molar-refractivity contribution in [2.75, 3.05) is 6.54 Å². The molecule has 1 aliphatic carbocycles. The van der Waals surface area contributed by atoms with E-state index < -0.39 is 5.54 Å². The largest absolute Gasteiger partial charge is 0.354 e. The second-order valence-electron chi connectivity index (χ2n) is 6.60. The molecule has 1 fully saturated rings. The number of carbonyl (C=O) groups excluding carboxylic acids is 2. The Morgan fingerprint density at radius 2 is 1.80 bits per heavy atom. The van der Waals surface area contributed by atoms with Crippen molar-refractivity contribution in [2.45, 2.75) is 57.2 Å². The van der Waals surface area contributed by atoms with Crippen molar-refractivity contribution in [3.63, 3.8) is 0 Å². The zero-order valence-corrected chi connectivity index (χ0v) is 15.5. The van der Waals surface area contributed by atoms with E-state index >= 15 is 0 Å². The van der Waals surface area contributed by atoms with Crippen LogP contribution in [0.1, 0.15) is 44.6 Å². The summed E-state index contributed by atoms with van der Waals surface area (Å²) < 4.78 is 0. The molecule has 25 heavy (non-hydrogen) atoms. The fourth-order valence-corrected chi connectivity index (χ4v) is 3.01. The van der Waals surface area contributed by atoms with Crippen LogP contribution in [0.4, 0.5) is 4.79 Å². The Morgan fingerprint density at radius 1 is 1.16 bits per heavy atom. The monoisotopic (exact) mass is 368 g/mol. The number of halogens is 1. The second-order valence-corrected chi connectivity index (χ2v) is 6.60. The molecule has 0 aliphatic heterocycles. The molecule has 1 aromatic carbocycles. The molecule has 0 saturated heterocycles. The summed E-state index contributed by atoms with van der Waals surface area (Å²) in [6, 6.07) is 9.44. The number of carbonyl (C=O) groups is 2. The first-order chi connectivity index (χ1) is 11.5. The molecule has 1 unspecified atom stereocenters. The number of benzene rings is 1. The quantitative estimate of drug-likeness (QED) is 0.593. The minimum atomic E-state index is -0.793. The maximum absolute atomic E-state index is 12.6. The van der Waals surface area contributed by atoms with E-state index in [4.69, 9.17) is 5.73 Å². The minimum absolute atomic E-state index is 0. The van der Waals surface area contributed by atoms with E-state index in [1.165, 1.54) is 0 Å². The van der Waals surface area contributed by atoms with Crippen LogP contribution < -0.4 is 21.7 Å². The zero-order chi connectivity index (χ0) is 17.4. The molecule has 1 atom stereocenters. The summed E-state index contributed by atoms with van der Waals surface area (Å²) in [6.07, 6.45) is 3.97. The zero-order valence-electron chi connectivity index (χ0n) is 14.7. The third kappa shape index (κ3) is 6.55. The van der Waals surface area contributed by atoms with E-state index in [0.29, 0.717) is 25.9 Å². The van der Waals surface area contributed by atoms with E-state index in [9.17, 15) is 9.59 Å². The van der Waals surface area contributed by atoms with E-state index in [1.54, 1.807) is 0 Å². The first kappa shape index (κ1) is 21.3. The Hall–Kier alpha value is -1.79. The number of amides is 3. The highest BCUT2D eigenvalue weighted by Crippen LogP contribution is 2.29. The molecule has 140 valence electrons. The van der Waals surface area contributed by atoms with Crippen molar-refractivity contribution in [3.05, 3.63) is 35.9 Å². The van der Waals surface area contributed by atoms with E-state index in [1.807, 2.05) is 37.3 Å². The SMILES string of the molecule is CC(N)CCNC(=O)C1(NC(=O)NCc2ccccc2)CCCC1.Cl. The molecule has 5 N–H and O–H groups in total. The van der Waals surface area contributed by atoms with Crippen LogP contribution in [0.5, 0.6) is 0 Å². The standard InChI is InChI=1S/C18H28N4O2.ClH/c1-14(19)9-12-20-16(23)18(10-5-6-11-18)22-17(24)21-13-15-7-3-2-4-8-15;/h2-4,7-8,14H,5-6,9-13,19H2,1H3,(H,20,23)(H2,21,22,24);1H. The molecule has 1 saturated carbocycles. The Kier molecular flexibility index (Phi) is 8.72. The van der Waals surface area contributed by atoms with E-state index in [0.717, 1.165) is 24.8 Å². The molecule has 1 aliphatic rings. The van der Waals surface area contributed by atoms with Crippen LogP contribution >= 0.6 is 12.4 Å². The summed E-state index contributed by atoms with van der Waals surface area (Å²) in [4.78, 5) is 24.8. The highest BCUT2D eigenvalue weighted by Gasteiger charge is 2.42. The first-order valence-corrected chi connectivity index (χ1v) is 8.66. The van der Waals surface area contributed by atoms with Gasteiger partial charge in [0, 0.05) is 19.1 Å². The van der Waals surface area contributed by atoms with Gasteiger partial charge in [-0.05, 0) is 31.7 Å². The molecule has 3 amide bonds. The second kappa shape index (κ2) is 10.3. The molecule has 0 heterocycles. The van der Waals surface area contributed by atoms with Gasteiger partial charge in [0.1, 0.15) is 5.54 Å². The van der Waals surface area contributed by atoms with Crippen molar-refractivity contribution in [2.24, 2.45) is 5.73 Å². The van der Waals surface area contributed by atoms with Gasteiger partial charge in [-0.2, -0.15) is 0 Å². The number of hydrogen-bond donors (Lipinski definition) is 4. The topological polar surface area (TPSA) is 96.2 Å². The Bertz CT molecular complexity index is 545. The van der Waals surface area contributed by atoms with Crippen LogP contribution in [0.3, 0.4) is 0 Å². The molecular weight excluding hydrogens is 340 g/mol. The molecule has 0 aromatic heterocycles. The van der Waals surface area contributed by atoms with Gasteiger partial charge in [-0.3, -0.25) is 4.79 Å². The van der Waals surface area contributed by atoms with Gasteiger partial charge >= 0.3 is 6.03 Å². The van der Waals surface area contributed by atoms with Crippen molar-refractivity contribution in [1.29, 1.82) is 0 Å². The third-order valence-electron chi connectivity index (χ3n) is 4.43. The average Bonchev–Trinajstić information content (AvgIpc) is 3.03. The number of hydrogen-bond acceptors (Lipinski definition) is 3. The Labute approximate surface area is 155 Å². The van der Waals surface area contributed by atoms with Gasteiger partial charge in [0.15, 0.2) is 0 Å². The molecule has 7 heteroatoms. The van der Waals surface area contributed by atoms with Crippen LogP contribution in [0.25, 0.3) is 0 Å². The van der Waals surface area contributed by atoms with Crippen molar-refractivity contribution >= 4 is 24.3 Å². The van der Waals surface area contributed by atoms with Gasteiger partial charge < -0.3 is 21.7 Å². The summed E-state index contributed by atoms with van der Waals surface area (Å²) >= 11 is 0. The fourth-order valence-electron chi connectivity index (χ4n) is 3.01. The number of rotatable bonds is 7. The van der Waals surface area contributed by atoms with Crippen molar-refractivity contribution < 1.29 is 9.59 Å². The highest BCUT2D eigenvalue weighted by molar-refractivity contribution is 5.91. The average molecular weight is 369 g/mol. The van der Waals surface area contributed by atoms with Crippen LogP contribution in [-0.4, -0.2) is 30.1 Å². The van der Waals surface area contributed by atoms with Gasteiger partial charge in [-0.1, -0.05) is 43.2 Å². The molecule has 6 nitrogen and oxygen atoms in total. The van der Waals surface area contributed by atoms with Crippen LogP contribution in [0.2, 0.25) is 0 Å². The van der Waals surface area contributed by atoms with Gasteiger partial charge in [0.2, 0.25) is 5.91 Å². The predicted molar refractivity (Wildman–Crippen MR) is 102 cm³/mol. The third-order valence-corrected chi connectivity index (χ3v) is 4.43. The Morgan fingerprint density at radius 3 is 2.40 bits per heavy atom. The van der Waals surface area contributed by atoms with Crippen LogP contribution in [0.15, 0.2) is 30.3 Å². The number of urea groups is 1. The van der Waals surface area contributed by atoms with Gasteiger partial charge in [0.05, 0.1) is 0 Å². The van der Waals surface area contributed by atoms with E-state index in [-0.39, 0.29) is 30.4 Å². The summed E-state index contributed by atoms with van der Waals surface area (Å²) in [7, 11) is 0. The van der Waals surface area contributed by atoms with Gasteiger partial charge in [-0.25, -0.2) is 4.79 Å². The maximum Gasteiger partial charge on any atom is 0.315 e. The van der Waals surface area contributed by atoms with Gasteiger partial charge in [-0.15, -0.1) is 12.4 Å². The molecule has 0 spiro atoms. The first-order valence-electron chi connectivity index (χ1n) is 8.66. The highest BCUT2D eigenvalue weighted by atomic mass is 35.5. The maximum atomic E-state index is 12.6. The molecule has 0 bridgehead atoms. The van der Waals surface area contributed by atoms with E-state index in [2.05, 4.69) is 16.0 Å². The van der Waals surface area contributed by atoms with Crippen LogP contribution in [-0.2, 0) is 11.3 Å². The molecular formula is C18H29ClN4O2. The lowest BCUT2D eigenvalue weighted by atomic mass is 9.96. The summed E-state index contributed by atoms with van der Waals surface area (Å²) in [6.45, 7) is 2.88. The number of nitrogens with two attached hydrogens (primary N) is 1. The smallest absolute Gasteiger partial charge is 0.315 e. The summed E-state index contributed by atoms with van der Waals surface area (Å²) in [5.74, 6) is -0.101. The van der Waals surface area contributed by atoms with Crippen LogP contribution in [0, 0.1) is 0 Å². The molecule has 2 rings (SSSR count). The van der Waals surface area contributed by atoms with Crippen molar-refractivity contribution in [1.82, 2.24) is 16.0 Å². The molecule has 1 aromatic rings. The Balaban J connectivity index is 0.00000312. The lowest BCUT2D eigenvalue weighted by Gasteiger charge is -2.29. The lowest BCUT2D eigenvalue weighted by Crippen LogP contribution is -2.59. The minimum Gasteiger partial charge on any atom is -0.354 e. The van der Waals surface area contributed by atoms with Gasteiger partial charge in [0.25, 0.3) is 0 Å². The normalized spacial score (nSPS) is 16.4. The lowest BCUT2D eigenvalue weighted by molar-refractivity contribution is -0.127. The summed E-state index contributed by atoms with van der Waals surface area (Å²) in [5.41, 5.74) is 5.94. The fraction of sp³-hybridized carbons (Fsp3) is 0.556. The van der Waals surface area contributed by atoms with Crippen molar-refractivity contribution in [3.8, 4) is 0 Å².